The molecule has 7 heteroatoms. The molecule has 2 aromatic heterocycles. The number of likely N-dealkylation sites (tertiary alicyclic amines) is 1. The van der Waals surface area contributed by atoms with E-state index in [-0.39, 0.29) is 0 Å². The summed E-state index contributed by atoms with van der Waals surface area (Å²) in [5, 5.41) is 14.0. The van der Waals surface area contributed by atoms with Gasteiger partial charge in [0.15, 0.2) is 5.76 Å². The molecule has 1 N–H and O–H groups in total. The lowest BCUT2D eigenvalue weighted by Crippen LogP contribution is -2.32. The molecule has 1 atom stereocenters. The predicted octanol–water partition coefficient (Wildman–Crippen LogP) is 4.76. The van der Waals surface area contributed by atoms with Gasteiger partial charge >= 0.3 is 0 Å². The van der Waals surface area contributed by atoms with Crippen molar-refractivity contribution in [1.82, 2.24) is 19.6 Å². The third-order valence-electron chi connectivity index (χ3n) is 6.71. The summed E-state index contributed by atoms with van der Waals surface area (Å²) < 4.78 is 13.4. The van der Waals surface area contributed by atoms with Crippen molar-refractivity contribution in [3.8, 4) is 28.9 Å². The van der Waals surface area contributed by atoms with E-state index in [2.05, 4.69) is 33.9 Å². The fraction of sp³-hybridized carbons (Fsp3) is 0.333. The van der Waals surface area contributed by atoms with Crippen molar-refractivity contribution in [2.75, 3.05) is 26.7 Å². The molecule has 0 amide bonds. The Hall–Kier alpha value is -3.86. The molecule has 1 aliphatic rings. The van der Waals surface area contributed by atoms with Gasteiger partial charge in [-0.05, 0) is 94.4 Å². The molecule has 1 saturated heterocycles. The lowest BCUT2D eigenvalue weighted by Gasteiger charge is -2.28. The highest BCUT2D eigenvalue weighted by Gasteiger charge is 2.17. The van der Waals surface area contributed by atoms with Crippen molar-refractivity contribution >= 4 is 0 Å². The second kappa shape index (κ2) is 11.5. The van der Waals surface area contributed by atoms with Crippen LogP contribution < -0.4 is 4.74 Å². The average Bonchev–Trinajstić information content (AvgIpc) is 3.58. The quantitative estimate of drug-likeness (QED) is 0.372. The summed E-state index contributed by atoms with van der Waals surface area (Å²) in [5.74, 6) is 9.27. The fourth-order valence-electron chi connectivity index (χ4n) is 4.46. The molecular weight excluding hydrogens is 464 g/mol. The molecule has 2 aromatic carbocycles. The van der Waals surface area contributed by atoms with Crippen molar-refractivity contribution in [3.63, 3.8) is 0 Å². The number of aliphatic hydroxyl groups excluding tert-OH is 1. The first-order valence-electron chi connectivity index (χ1n) is 12.7. The largest absolute Gasteiger partial charge is 0.493 e. The number of ether oxygens (including phenoxy) is 1. The molecule has 3 heterocycles. The van der Waals surface area contributed by atoms with Crippen LogP contribution in [0.1, 0.15) is 48.5 Å². The Bertz CT molecular complexity index is 1350. The number of nitrogens with zero attached hydrogens (tertiary/aromatic N) is 4. The summed E-state index contributed by atoms with van der Waals surface area (Å²) in [6.45, 7) is 5.26. The second-order valence-electron chi connectivity index (χ2n) is 9.68. The highest BCUT2D eigenvalue weighted by molar-refractivity contribution is 5.59. The monoisotopic (exact) mass is 496 g/mol. The molecule has 0 saturated carbocycles. The van der Waals surface area contributed by atoms with Crippen LogP contribution >= 0.6 is 0 Å². The van der Waals surface area contributed by atoms with E-state index in [1.165, 1.54) is 12.8 Å². The Labute approximate surface area is 217 Å². The van der Waals surface area contributed by atoms with E-state index in [1.54, 1.807) is 13.1 Å². The summed E-state index contributed by atoms with van der Waals surface area (Å²) in [7, 11) is 2.18. The lowest BCUT2D eigenvalue weighted by molar-refractivity contribution is 0.160. The van der Waals surface area contributed by atoms with Gasteiger partial charge in [0.05, 0.1) is 13.2 Å². The molecule has 37 heavy (non-hydrogen) atoms. The van der Waals surface area contributed by atoms with Crippen LogP contribution in [0.25, 0.3) is 11.3 Å². The molecule has 1 fully saturated rings. The molecule has 0 radical (unpaired) electrons. The Balaban J connectivity index is 1.16. The SMILES string of the molecule is C[C@H](O)c1nccn1Cc1cc(-c2ccc(C#Cc3ccc(OCC4CCN(C)CC4)cc3)cc2)on1. The number of benzene rings is 2. The van der Waals surface area contributed by atoms with Crippen molar-refractivity contribution in [3.05, 3.63) is 89.6 Å². The summed E-state index contributed by atoms with van der Waals surface area (Å²) >= 11 is 0. The predicted molar refractivity (Wildman–Crippen MR) is 142 cm³/mol. The molecule has 4 aromatic rings. The van der Waals surface area contributed by atoms with Crippen molar-refractivity contribution < 1.29 is 14.4 Å². The molecule has 0 bridgehead atoms. The van der Waals surface area contributed by atoms with Crippen LogP contribution in [0.5, 0.6) is 5.75 Å². The first kappa shape index (κ1) is 24.8. The van der Waals surface area contributed by atoms with Gasteiger partial charge in [0.2, 0.25) is 0 Å². The molecular formula is C30H32N4O3. The van der Waals surface area contributed by atoms with E-state index in [9.17, 15) is 5.11 Å². The maximum Gasteiger partial charge on any atom is 0.167 e. The Morgan fingerprint density at radius 2 is 1.73 bits per heavy atom. The van der Waals surface area contributed by atoms with E-state index >= 15 is 0 Å². The standard InChI is InChI=1S/C30H32N4O3/c1-22(35)30-31-15-18-34(30)20-27-19-29(37-32-27)26-9-5-23(6-10-26)3-4-24-7-11-28(12-8-24)36-21-25-13-16-33(2)17-14-25/h5-12,15,18-19,22,25,35H,13-14,16-17,20-21H2,1-2H3/t22-/m0/s1. The highest BCUT2D eigenvalue weighted by atomic mass is 16.5. The summed E-state index contributed by atoms with van der Waals surface area (Å²) in [6, 6.07) is 17.8. The molecule has 0 aliphatic carbocycles. The van der Waals surface area contributed by atoms with Crippen LogP contribution in [-0.4, -0.2) is 51.5 Å². The number of aliphatic hydroxyl groups is 1. The van der Waals surface area contributed by atoms with E-state index in [0.717, 1.165) is 47.8 Å². The zero-order chi connectivity index (χ0) is 25.6. The summed E-state index contributed by atoms with van der Waals surface area (Å²) in [4.78, 5) is 6.57. The van der Waals surface area contributed by atoms with Gasteiger partial charge in [-0.15, -0.1) is 0 Å². The van der Waals surface area contributed by atoms with Gasteiger partial charge in [0, 0.05) is 35.2 Å². The van der Waals surface area contributed by atoms with E-state index < -0.39 is 6.10 Å². The third-order valence-corrected chi connectivity index (χ3v) is 6.71. The van der Waals surface area contributed by atoms with Crippen LogP contribution in [-0.2, 0) is 6.54 Å². The molecule has 5 rings (SSSR count). The summed E-state index contributed by atoms with van der Waals surface area (Å²) in [5.41, 5.74) is 3.56. The number of hydrogen-bond donors (Lipinski definition) is 1. The van der Waals surface area contributed by atoms with Gasteiger partial charge in [0.25, 0.3) is 0 Å². The molecule has 190 valence electrons. The highest BCUT2D eigenvalue weighted by Crippen LogP contribution is 2.22. The minimum absolute atomic E-state index is 0.481. The minimum Gasteiger partial charge on any atom is -0.493 e. The van der Waals surface area contributed by atoms with Crippen LogP contribution in [0.3, 0.4) is 0 Å². The maximum absolute atomic E-state index is 9.84. The average molecular weight is 497 g/mol. The summed E-state index contributed by atoms with van der Waals surface area (Å²) in [6.07, 6.45) is 5.25. The van der Waals surface area contributed by atoms with Crippen molar-refractivity contribution in [2.24, 2.45) is 5.92 Å². The van der Waals surface area contributed by atoms with Crippen molar-refractivity contribution in [2.45, 2.75) is 32.4 Å². The van der Waals surface area contributed by atoms with Gasteiger partial charge in [-0.2, -0.15) is 0 Å². The van der Waals surface area contributed by atoms with Gasteiger partial charge in [-0.3, -0.25) is 0 Å². The number of aromatic nitrogens is 3. The second-order valence-corrected chi connectivity index (χ2v) is 9.68. The molecule has 0 unspecified atom stereocenters. The number of rotatable bonds is 7. The third kappa shape index (κ3) is 6.48. The van der Waals surface area contributed by atoms with Gasteiger partial charge in [-0.1, -0.05) is 17.0 Å². The Morgan fingerprint density at radius 3 is 2.41 bits per heavy atom. The number of imidazole rings is 1. The zero-order valence-electron chi connectivity index (χ0n) is 21.3. The Kier molecular flexibility index (Phi) is 7.69. The fourth-order valence-corrected chi connectivity index (χ4v) is 4.46. The maximum atomic E-state index is 9.84. The van der Waals surface area contributed by atoms with E-state index in [4.69, 9.17) is 9.26 Å². The normalized spacial score (nSPS) is 15.2. The van der Waals surface area contributed by atoms with E-state index in [1.807, 2.05) is 65.4 Å². The smallest absolute Gasteiger partial charge is 0.167 e. The van der Waals surface area contributed by atoms with Gasteiger partial charge < -0.3 is 23.8 Å². The topological polar surface area (TPSA) is 76.6 Å². The first-order valence-corrected chi connectivity index (χ1v) is 12.7. The first-order chi connectivity index (χ1) is 18.0. The molecule has 1 aliphatic heterocycles. The zero-order valence-corrected chi connectivity index (χ0v) is 21.3. The Morgan fingerprint density at radius 1 is 1.05 bits per heavy atom. The number of hydrogen-bond acceptors (Lipinski definition) is 6. The number of piperidine rings is 1. The molecule has 7 nitrogen and oxygen atoms in total. The lowest BCUT2D eigenvalue weighted by atomic mass is 9.98. The van der Waals surface area contributed by atoms with Crippen molar-refractivity contribution in [1.29, 1.82) is 0 Å². The van der Waals surface area contributed by atoms with Crippen LogP contribution in [0.15, 0.2) is 71.5 Å². The molecule has 0 spiro atoms. The van der Waals surface area contributed by atoms with Crippen LogP contribution in [0.4, 0.5) is 0 Å². The van der Waals surface area contributed by atoms with Gasteiger partial charge in [-0.25, -0.2) is 4.98 Å². The van der Waals surface area contributed by atoms with E-state index in [0.29, 0.717) is 24.0 Å². The van der Waals surface area contributed by atoms with Gasteiger partial charge in [0.1, 0.15) is 23.4 Å². The van der Waals surface area contributed by atoms with Crippen LogP contribution in [0, 0.1) is 17.8 Å². The minimum atomic E-state index is -0.643. The van der Waals surface area contributed by atoms with Crippen LogP contribution in [0.2, 0.25) is 0 Å².